The number of allylic oxidation sites excluding steroid dienone is 1. The predicted molar refractivity (Wildman–Crippen MR) is 62.1 cm³/mol. The Balaban J connectivity index is 0.00000128. The van der Waals surface area contributed by atoms with E-state index in [1.165, 1.54) is 5.56 Å². The van der Waals surface area contributed by atoms with Gasteiger partial charge in [0.25, 0.3) is 0 Å². The van der Waals surface area contributed by atoms with Crippen LogP contribution < -0.4 is 17.0 Å². The molecule has 0 bridgehead atoms. The van der Waals surface area contributed by atoms with Gasteiger partial charge in [-0.1, -0.05) is 42.5 Å². The molecule has 0 amide bonds. The summed E-state index contributed by atoms with van der Waals surface area (Å²) >= 11 is 0. The van der Waals surface area contributed by atoms with Crippen LogP contribution in [0.5, 0.6) is 0 Å². The zero-order valence-corrected chi connectivity index (χ0v) is 9.72. The summed E-state index contributed by atoms with van der Waals surface area (Å²) in [7, 11) is 0. The van der Waals surface area contributed by atoms with Crippen molar-refractivity contribution in [3.63, 3.8) is 0 Å². The van der Waals surface area contributed by atoms with Gasteiger partial charge in [-0.2, -0.15) is 0 Å². The Morgan fingerprint density at radius 3 is 2.19 bits per heavy atom. The van der Waals surface area contributed by atoms with Crippen LogP contribution in [-0.4, -0.2) is 0 Å². The quantitative estimate of drug-likeness (QED) is 0.639. The average Bonchev–Trinajstić information content (AvgIpc) is 2.32. The first-order valence-electron chi connectivity index (χ1n) is 5.11. The molecule has 0 radical (unpaired) electrons. The van der Waals surface area contributed by atoms with E-state index >= 15 is 0 Å². The maximum atomic E-state index is 2.16. The number of benzene rings is 1. The smallest absolute Gasteiger partial charge is 0.169 e. The van der Waals surface area contributed by atoms with E-state index in [-0.39, 0.29) is 12.4 Å². The second-order valence-corrected chi connectivity index (χ2v) is 3.39. The van der Waals surface area contributed by atoms with Crippen LogP contribution >= 0.6 is 0 Å². The van der Waals surface area contributed by atoms with E-state index in [4.69, 9.17) is 0 Å². The van der Waals surface area contributed by atoms with Crippen LogP contribution in [0.3, 0.4) is 0 Å². The average molecular weight is 232 g/mol. The molecule has 0 spiro atoms. The van der Waals surface area contributed by atoms with Gasteiger partial charge in [-0.25, -0.2) is 4.57 Å². The van der Waals surface area contributed by atoms with Gasteiger partial charge in [0.05, 0.1) is 0 Å². The third kappa shape index (κ3) is 3.87. The van der Waals surface area contributed by atoms with Crippen LogP contribution in [0.4, 0.5) is 0 Å². The van der Waals surface area contributed by atoms with Crippen LogP contribution in [0.2, 0.25) is 0 Å². The normalized spacial score (nSPS) is 10.0. The van der Waals surface area contributed by atoms with E-state index in [1.54, 1.807) is 0 Å². The van der Waals surface area contributed by atoms with Crippen molar-refractivity contribution in [2.75, 3.05) is 0 Å². The van der Waals surface area contributed by atoms with Crippen LogP contribution in [0, 0.1) is 0 Å². The molecule has 2 rings (SSSR count). The fourth-order valence-electron chi connectivity index (χ4n) is 1.43. The molecule has 0 atom stereocenters. The van der Waals surface area contributed by atoms with Gasteiger partial charge in [0, 0.05) is 12.1 Å². The van der Waals surface area contributed by atoms with Gasteiger partial charge in [0.1, 0.15) is 0 Å². The van der Waals surface area contributed by atoms with Crippen molar-refractivity contribution in [1.29, 1.82) is 0 Å². The zero-order chi connectivity index (χ0) is 10.3. The Labute approximate surface area is 102 Å². The van der Waals surface area contributed by atoms with Crippen LogP contribution in [0.25, 0.3) is 6.08 Å². The summed E-state index contributed by atoms with van der Waals surface area (Å²) in [5.74, 6) is 0. The minimum atomic E-state index is 0. The van der Waals surface area contributed by atoms with Crippen molar-refractivity contribution in [1.82, 2.24) is 0 Å². The zero-order valence-electron chi connectivity index (χ0n) is 8.96. The summed E-state index contributed by atoms with van der Waals surface area (Å²) in [5.41, 5.74) is 1.24. The Hall–Kier alpha value is -1.60. The lowest BCUT2D eigenvalue weighted by molar-refractivity contribution is -0.686. The molecule has 0 N–H and O–H groups in total. The van der Waals surface area contributed by atoms with Gasteiger partial charge >= 0.3 is 0 Å². The molecule has 2 heteroatoms. The van der Waals surface area contributed by atoms with Crippen molar-refractivity contribution in [2.45, 2.75) is 6.54 Å². The molecule has 0 unspecified atom stereocenters. The number of hydrogen-bond acceptors (Lipinski definition) is 0. The van der Waals surface area contributed by atoms with E-state index in [1.807, 2.05) is 24.3 Å². The molecular weight excluding hydrogens is 218 g/mol. The molecule has 1 nitrogen and oxygen atoms in total. The summed E-state index contributed by atoms with van der Waals surface area (Å²) < 4.78 is 2.14. The van der Waals surface area contributed by atoms with E-state index in [0.29, 0.717) is 0 Å². The molecule has 1 aromatic carbocycles. The monoisotopic (exact) mass is 231 g/mol. The van der Waals surface area contributed by atoms with Gasteiger partial charge < -0.3 is 12.4 Å². The summed E-state index contributed by atoms with van der Waals surface area (Å²) in [4.78, 5) is 0. The van der Waals surface area contributed by atoms with Crippen molar-refractivity contribution in [3.8, 4) is 0 Å². The summed E-state index contributed by atoms with van der Waals surface area (Å²) in [6.07, 6.45) is 8.43. The molecule has 0 saturated carbocycles. The van der Waals surface area contributed by atoms with Crippen LogP contribution in [-0.2, 0) is 6.54 Å². The maximum absolute atomic E-state index is 2.16. The molecule has 82 valence electrons. The van der Waals surface area contributed by atoms with Crippen LogP contribution in [0.15, 0.2) is 67.0 Å². The molecular formula is C14H14ClN. The lowest BCUT2D eigenvalue weighted by Crippen LogP contribution is -3.00. The third-order valence-electron chi connectivity index (χ3n) is 2.20. The van der Waals surface area contributed by atoms with E-state index in [0.717, 1.165) is 6.54 Å². The fraction of sp³-hybridized carbons (Fsp3) is 0.0714. The Morgan fingerprint density at radius 2 is 1.50 bits per heavy atom. The molecule has 0 aliphatic rings. The largest absolute Gasteiger partial charge is 1.00 e. The molecule has 16 heavy (non-hydrogen) atoms. The van der Waals surface area contributed by atoms with Gasteiger partial charge in [-0.15, -0.1) is 0 Å². The molecule has 0 saturated heterocycles. The molecule has 0 aliphatic carbocycles. The van der Waals surface area contributed by atoms with Gasteiger partial charge in [0.15, 0.2) is 18.9 Å². The second kappa shape index (κ2) is 6.81. The van der Waals surface area contributed by atoms with Crippen LogP contribution in [0.1, 0.15) is 5.56 Å². The minimum Gasteiger partial charge on any atom is -1.00 e. The second-order valence-electron chi connectivity index (χ2n) is 3.39. The van der Waals surface area contributed by atoms with Crippen molar-refractivity contribution in [2.24, 2.45) is 0 Å². The number of halogens is 1. The van der Waals surface area contributed by atoms with Gasteiger partial charge in [0.2, 0.25) is 0 Å². The maximum Gasteiger partial charge on any atom is 0.169 e. The number of nitrogens with zero attached hydrogens (tertiary/aromatic N) is 1. The highest BCUT2D eigenvalue weighted by atomic mass is 35.5. The topological polar surface area (TPSA) is 3.88 Å². The predicted octanol–water partition coefficient (Wildman–Crippen LogP) is -0.308. The summed E-state index contributed by atoms with van der Waals surface area (Å²) in [6, 6.07) is 16.4. The number of pyridine rings is 1. The lowest BCUT2D eigenvalue weighted by atomic mass is 10.2. The lowest BCUT2D eigenvalue weighted by Gasteiger charge is -1.91. The molecule has 0 aliphatic heterocycles. The van der Waals surface area contributed by atoms with E-state index < -0.39 is 0 Å². The standard InChI is InChI=1S/C14H14N.ClH/c1-3-8-14(9-4-1)10-7-13-15-11-5-2-6-12-15;/h1-12H,13H2;1H/q+1;/p-1. The first-order valence-corrected chi connectivity index (χ1v) is 5.11. The first-order chi connectivity index (χ1) is 7.45. The number of rotatable bonds is 3. The highest BCUT2D eigenvalue weighted by Crippen LogP contribution is 2.00. The van der Waals surface area contributed by atoms with Gasteiger partial charge in [-0.05, 0) is 11.6 Å². The Bertz CT molecular complexity index is 423. The Kier molecular flexibility index (Phi) is 5.30. The van der Waals surface area contributed by atoms with Crippen molar-refractivity contribution < 1.29 is 17.0 Å². The minimum absolute atomic E-state index is 0. The first kappa shape index (κ1) is 12.5. The molecule has 0 fully saturated rings. The third-order valence-corrected chi connectivity index (χ3v) is 2.20. The molecule has 2 aromatic rings. The number of hydrogen-bond donors (Lipinski definition) is 0. The van der Waals surface area contributed by atoms with E-state index in [9.17, 15) is 0 Å². The van der Waals surface area contributed by atoms with Crippen molar-refractivity contribution in [3.05, 3.63) is 72.6 Å². The van der Waals surface area contributed by atoms with Gasteiger partial charge in [-0.3, -0.25) is 0 Å². The SMILES string of the molecule is C(=Cc1ccccc1)C[n+]1ccccc1.[Cl-]. The van der Waals surface area contributed by atoms with Crippen molar-refractivity contribution >= 4 is 6.08 Å². The highest BCUT2D eigenvalue weighted by Gasteiger charge is 1.91. The fourth-order valence-corrected chi connectivity index (χ4v) is 1.43. The van der Waals surface area contributed by atoms with E-state index in [2.05, 4.69) is 53.4 Å². The summed E-state index contributed by atoms with van der Waals surface area (Å²) in [5, 5.41) is 0. The molecule has 1 heterocycles. The molecule has 1 aromatic heterocycles. The highest BCUT2D eigenvalue weighted by molar-refractivity contribution is 5.48. The number of aromatic nitrogens is 1. The Morgan fingerprint density at radius 1 is 0.875 bits per heavy atom. The summed E-state index contributed by atoms with van der Waals surface area (Å²) in [6.45, 7) is 0.912.